The van der Waals surface area contributed by atoms with E-state index in [1.54, 1.807) is 0 Å². The highest BCUT2D eigenvalue weighted by Crippen LogP contribution is 2.29. The van der Waals surface area contributed by atoms with Gasteiger partial charge in [0.25, 0.3) is 5.91 Å². The molecule has 3 aromatic carbocycles. The summed E-state index contributed by atoms with van der Waals surface area (Å²) in [5.74, 6) is 1.54. The smallest absolute Gasteiger partial charge is 0.254 e. The van der Waals surface area contributed by atoms with Crippen molar-refractivity contribution in [3.63, 3.8) is 0 Å². The highest BCUT2D eigenvalue weighted by Gasteiger charge is 2.23. The third-order valence-corrected chi connectivity index (χ3v) is 8.85. The van der Waals surface area contributed by atoms with E-state index >= 15 is 0 Å². The number of amides is 1. The van der Waals surface area contributed by atoms with Crippen LogP contribution in [-0.2, 0) is 18.7 Å². The molecule has 204 valence electrons. The number of halogens is 2. The van der Waals surface area contributed by atoms with Crippen molar-refractivity contribution < 1.29 is 4.79 Å². The Morgan fingerprint density at radius 2 is 1.55 bits per heavy atom. The molecule has 2 aliphatic rings. The van der Waals surface area contributed by atoms with E-state index in [0.717, 1.165) is 61.2 Å². The fourth-order valence-electron chi connectivity index (χ4n) is 5.29. The summed E-state index contributed by atoms with van der Waals surface area (Å²) < 4.78 is 0. The summed E-state index contributed by atoms with van der Waals surface area (Å²) in [6.07, 6.45) is 0.890. The van der Waals surface area contributed by atoms with Gasteiger partial charge >= 0.3 is 0 Å². The van der Waals surface area contributed by atoms with Crippen LogP contribution in [0.15, 0.2) is 84.0 Å². The Morgan fingerprint density at radius 3 is 2.38 bits per heavy atom. The molecule has 0 saturated carbocycles. The quantitative estimate of drug-likeness (QED) is 0.143. The highest BCUT2D eigenvalue weighted by atomic mass is 35.5. The van der Waals surface area contributed by atoms with Crippen molar-refractivity contribution in [1.29, 1.82) is 0 Å². The molecule has 40 heavy (non-hydrogen) atoms. The van der Waals surface area contributed by atoms with Gasteiger partial charge in [-0.15, -0.1) is 0 Å². The number of thioether (sulfide) groups is 1. The Bertz CT molecular complexity index is 1530. The monoisotopic (exact) mass is 589 g/mol. The lowest BCUT2D eigenvalue weighted by Crippen LogP contribution is -2.47. The first kappa shape index (κ1) is 26.9. The maximum atomic E-state index is 13.3. The molecule has 4 aromatic rings. The predicted octanol–water partition coefficient (Wildman–Crippen LogP) is 6.60. The van der Waals surface area contributed by atoms with Crippen LogP contribution in [0, 0.1) is 0 Å². The molecule has 0 aliphatic carbocycles. The van der Waals surface area contributed by atoms with Gasteiger partial charge in [-0.05, 0) is 47.4 Å². The Balaban J connectivity index is 1.09. The van der Waals surface area contributed by atoms with Crippen LogP contribution >= 0.6 is 35.0 Å². The first-order chi connectivity index (χ1) is 19.5. The van der Waals surface area contributed by atoms with E-state index in [-0.39, 0.29) is 5.91 Å². The van der Waals surface area contributed by atoms with Crippen LogP contribution in [0.3, 0.4) is 0 Å². The largest absolute Gasteiger partial charge is 0.367 e. The first-order valence-electron chi connectivity index (χ1n) is 13.4. The van der Waals surface area contributed by atoms with Gasteiger partial charge in [-0.25, -0.2) is 9.97 Å². The maximum absolute atomic E-state index is 13.3. The van der Waals surface area contributed by atoms with Gasteiger partial charge in [0.05, 0.1) is 10.7 Å². The van der Waals surface area contributed by atoms with Crippen LogP contribution in [0.2, 0.25) is 10.2 Å². The zero-order valence-corrected chi connectivity index (χ0v) is 24.3. The molecule has 2 aliphatic heterocycles. The van der Waals surface area contributed by atoms with Crippen molar-refractivity contribution in [2.24, 2.45) is 0 Å². The highest BCUT2D eigenvalue weighted by molar-refractivity contribution is 7.98. The fraction of sp³-hybridized carbons (Fsp3) is 0.258. The van der Waals surface area contributed by atoms with Gasteiger partial charge in [0.1, 0.15) is 11.0 Å². The number of anilines is 2. The molecule has 0 atom stereocenters. The minimum Gasteiger partial charge on any atom is -0.367 e. The fourth-order valence-corrected chi connectivity index (χ4v) is 6.57. The predicted molar refractivity (Wildman–Crippen MR) is 164 cm³/mol. The van der Waals surface area contributed by atoms with Crippen LogP contribution in [0.4, 0.5) is 11.5 Å². The number of hydrogen-bond donors (Lipinski definition) is 0. The third kappa shape index (κ3) is 6.07. The molecule has 0 bridgehead atoms. The molecule has 0 unspecified atom stereocenters. The minimum absolute atomic E-state index is 0.0681. The van der Waals surface area contributed by atoms with Crippen molar-refractivity contribution >= 4 is 52.4 Å². The van der Waals surface area contributed by atoms with Crippen LogP contribution in [0.25, 0.3) is 0 Å². The average molecular weight is 591 g/mol. The molecular formula is C31H29Cl2N5OS. The van der Waals surface area contributed by atoms with E-state index in [2.05, 4.69) is 39.0 Å². The molecule has 6 rings (SSSR count). The van der Waals surface area contributed by atoms with E-state index in [1.165, 1.54) is 22.9 Å². The van der Waals surface area contributed by atoms with Gasteiger partial charge in [-0.1, -0.05) is 83.5 Å². The number of carbonyl (C=O) groups excluding carboxylic acids is 1. The minimum atomic E-state index is 0.0681. The number of carbonyl (C=O) groups is 1. The third-order valence-electron chi connectivity index (χ3n) is 7.42. The molecule has 0 radical (unpaired) electrons. The van der Waals surface area contributed by atoms with Crippen LogP contribution in [-0.4, -0.2) is 53.5 Å². The molecule has 9 heteroatoms. The summed E-state index contributed by atoms with van der Waals surface area (Å²) in [6.45, 7) is 4.70. The molecule has 1 amide bonds. The summed E-state index contributed by atoms with van der Waals surface area (Å²) in [5, 5.41) is 1.82. The first-order valence-corrected chi connectivity index (χ1v) is 15.1. The van der Waals surface area contributed by atoms with Crippen molar-refractivity contribution in [3.05, 3.63) is 111 Å². The zero-order valence-electron chi connectivity index (χ0n) is 22.0. The van der Waals surface area contributed by atoms with E-state index in [1.807, 2.05) is 59.5 Å². The van der Waals surface area contributed by atoms with Gasteiger partial charge in [0.2, 0.25) is 0 Å². The second kappa shape index (κ2) is 12.1. The standard InChI is InChI=1S/C31H29Cl2N5OS/c32-26-10-3-4-11-27(26)36-14-16-37(17-15-36)29-19-28(33)34-31(35-29)40-21-22-6-5-9-24(18-22)30(39)38-13-12-23-7-1-2-8-25(23)20-38/h1-11,18-19H,12-17,20-21H2. The lowest BCUT2D eigenvalue weighted by molar-refractivity contribution is 0.0734. The van der Waals surface area contributed by atoms with Crippen molar-refractivity contribution in [1.82, 2.24) is 14.9 Å². The lowest BCUT2D eigenvalue weighted by atomic mass is 9.99. The molecule has 1 aromatic heterocycles. The maximum Gasteiger partial charge on any atom is 0.254 e. The van der Waals surface area contributed by atoms with Gasteiger partial charge in [0, 0.05) is 56.7 Å². The number of nitrogens with zero attached hydrogens (tertiary/aromatic N) is 5. The number of benzene rings is 3. The molecule has 0 N–H and O–H groups in total. The van der Waals surface area contributed by atoms with Gasteiger partial charge in [0.15, 0.2) is 5.16 Å². The molecule has 0 spiro atoms. The average Bonchev–Trinajstić information content (AvgIpc) is 3.00. The number of aromatic nitrogens is 2. The lowest BCUT2D eigenvalue weighted by Gasteiger charge is -2.37. The Hall–Kier alpha value is -3.26. The van der Waals surface area contributed by atoms with Gasteiger partial charge in [-0.3, -0.25) is 4.79 Å². The Kier molecular flexibility index (Phi) is 8.14. The van der Waals surface area contributed by atoms with Crippen molar-refractivity contribution in [2.75, 3.05) is 42.5 Å². The number of rotatable bonds is 6. The summed E-state index contributed by atoms with van der Waals surface area (Å²) >= 11 is 14.3. The van der Waals surface area contributed by atoms with E-state index in [4.69, 9.17) is 28.2 Å². The molecular weight excluding hydrogens is 561 g/mol. The topological polar surface area (TPSA) is 52.6 Å². The summed E-state index contributed by atoms with van der Waals surface area (Å²) in [6, 6.07) is 26.0. The summed E-state index contributed by atoms with van der Waals surface area (Å²) in [5.41, 5.74) is 5.38. The number of fused-ring (bicyclic) bond motifs is 1. The van der Waals surface area contributed by atoms with E-state index in [0.29, 0.717) is 28.2 Å². The SMILES string of the molecule is O=C(c1cccc(CSc2nc(Cl)cc(N3CCN(c4ccccc4Cl)CC3)n2)c1)N1CCc2ccccc2C1. The molecule has 3 heterocycles. The second-order valence-corrected chi connectivity index (χ2v) is 11.7. The van der Waals surface area contributed by atoms with E-state index < -0.39 is 0 Å². The zero-order chi connectivity index (χ0) is 27.5. The summed E-state index contributed by atoms with van der Waals surface area (Å²) in [7, 11) is 0. The second-order valence-electron chi connectivity index (χ2n) is 9.99. The Morgan fingerprint density at radius 1 is 0.800 bits per heavy atom. The van der Waals surface area contributed by atoms with Gasteiger partial charge < -0.3 is 14.7 Å². The van der Waals surface area contributed by atoms with Crippen LogP contribution < -0.4 is 9.80 Å². The number of para-hydroxylation sites is 1. The van der Waals surface area contributed by atoms with Crippen molar-refractivity contribution in [3.8, 4) is 0 Å². The van der Waals surface area contributed by atoms with Crippen LogP contribution in [0.1, 0.15) is 27.0 Å². The number of piperazine rings is 1. The van der Waals surface area contributed by atoms with Crippen LogP contribution in [0.5, 0.6) is 0 Å². The normalized spacial score (nSPS) is 15.2. The molecule has 6 nitrogen and oxygen atoms in total. The number of hydrogen-bond acceptors (Lipinski definition) is 6. The summed E-state index contributed by atoms with van der Waals surface area (Å²) in [4.78, 5) is 29.0. The van der Waals surface area contributed by atoms with Crippen molar-refractivity contribution in [2.45, 2.75) is 23.9 Å². The van der Waals surface area contributed by atoms with E-state index in [9.17, 15) is 4.79 Å². The Labute approximate surface area is 248 Å². The van der Waals surface area contributed by atoms with Gasteiger partial charge in [-0.2, -0.15) is 0 Å². The molecule has 1 fully saturated rings. The molecule has 1 saturated heterocycles.